The summed E-state index contributed by atoms with van der Waals surface area (Å²) in [7, 11) is -9.64. The number of phosphoric ester groups is 2. The van der Waals surface area contributed by atoms with Crippen molar-refractivity contribution in [2.24, 2.45) is 5.92 Å². The standard InChI is InChI=1S/C32H47N9O18P2/c1-5-6-7-19(42)39(4)32(29(45)46,13-54-12-31(2,3)48)20-16(57-27(22(20)43)41-15-37-21-25(34)35-14-36-26(21)41)10-56-61(52,53)59-24-17(11-55-60(49,50)51)58-28(23(24)44)40-9-8-18(33)38-30(40)47/h5,8-9,14-17,20,22-24,27-28,43-44,48H,1,6-7,10-13H2,2-4H3,(H,45,46)(H,52,53)(H2,33,38,47)(H2,34,35,36)(H2,49,50,51)/t16?,17-,20?,22?,23-,24-,27?,28-,32+/m1/s1. The van der Waals surface area contributed by atoms with Crippen LogP contribution in [0.15, 0.2) is 42.4 Å². The summed E-state index contributed by atoms with van der Waals surface area (Å²) in [5, 5.41) is 44.8. The monoisotopic (exact) mass is 907 g/mol. The summed E-state index contributed by atoms with van der Waals surface area (Å²) in [6, 6.07) is 1.15. The van der Waals surface area contributed by atoms with E-state index >= 15 is 0 Å². The van der Waals surface area contributed by atoms with Crippen molar-refractivity contribution in [1.82, 2.24) is 34.0 Å². The Hall–Kier alpha value is -4.31. The predicted octanol–water partition coefficient (Wildman–Crippen LogP) is -1.97. The van der Waals surface area contributed by atoms with Gasteiger partial charge >= 0.3 is 27.3 Å². The molecule has 5 rings (SSSR count). The minimum atomic E-state index is -5.55. The van der Waals surface area contributed by atoms with E-state index in [1.165, 1.54) is 24.5 Å². The highest BCUT2D eigenvalue weighted by molar-refractivity contribution is 7.47. The maximum absolute atomic E-state index is 13.8. The van der Waals surface area contributed by atoms with Crippen molar-refractivity contribution in [3.8, 4) is 0 Å². The number of amides is 1. The number of fused-ring (bicyclic) bond motifs is 1. The lowest BCUT2D eigenvalue weighted by Crippen LogP contribution is -2.67. The first-order chi connectivity index (χ1) is 28.4. The zero-order valence-corrected chi connectivity index (χ0v) is 34.5. The molecule has 10 atom stereocenters. The fourth-order valence-corrected chi connectivity index (χ4v) is 8.26. The van der Waals surface area contributed by atoms with Crippen LogP contribution < -0.4 is 17.2 Å². The Kier molecular flexibility index (Phi) is 14.5. The van der Waals surface area contributed by atoms with E-state index in [0.29, 0.717) is 4.57 Å². The largest absolute Gasteiger partial charge is 0.479 e. The number of carbonyl (C=O) groups excluding carboxylic acids is 1. The van der Waals surface area contributed by atoms with E-state index in [0.717, 1.165) is 36.9 Å². The lowest BCUT2D eigenvalue weighted by Gasteiger charge is -2.45. The number of hydrogen-bond donors (Lipinski definition) is 9. The molecule has 11 N–H and O–H groups in total. The number of allylic oxidation sites excluding steroid dienone is 1. The summed E-state index contributed by atoms with van der Waals surface area (Å²) >= 11 is 0. The first kappa shape index (κ1) is 47.7. The minimum absolute atomic E-state index is 0.00593. The number of anilines is 2. The van der Waals surface area contributed by atoms with Crippen molar-refractivity contribution in [2.75, 3.05) is 44.9 Å². The Bertz CT molecular complexity index is 2230. The second-order valence-electron chi connectivity index (χ2n) is 14.7. The predicted molar refractivity (Wildman–Crippen MR) is 204 cm³/mol. The Morgan fingerprint density at radius 3 is 2.30 bits per heavy atom. The number of aliphatic hydroxyl groups is 3. The van der Waals surface area contributed by atoms with Gasteiger partial charge in [-0.1, -0.05) is 6.08 Å². The fraction of sp³-hybridized carbons (Fsp3) is 0.594. The van der Waals surface area contributed by atoms with E-state index < -0.39 is 120 Å². The molecule has 61 heavy (non-hydrogen) atoms. The number of carboxylic acids is 1. The van der Waals surface area contributed by atoms with Gasteiger partial charge in [-0.05, 0) is 26.3 Å². The molecule has 2 aliphatic rings. The summed E-state index contributed by atoms with van der Waals surface area (Å²) in [6.45, 7) is 2.79. The number of aliphatic carboxylic acids is 1. The summed E-state index contributed by atoms with van der Waals surface area (Å²) in [5.74, 6) is -4.61. The zero-order chi connectivity index (χ0) is 45.2. The molecule has 27 nitrogen and oxygen atoms in total. The number of rotatable bonds is 20. The molecule has 2 fully saturated rings. The van der Waals surface area contributed by atoms with Gasteiger partial charge < -0.3 is 65.7 Å². The van der Waals surface area contributed by atoms with Crippen LogP contribution in [0.2, 0.25) is 0 Å². The molecule has 29 heteroatoms. The SMILES string of the molecule is C=CCCC(=O)N(C)[C@](COCC(C)(C)O)(C(=O)O)C1C(COP(=O)(O)O[C@H]2[C@@H](O)[C@H](n3ccc(N)nc3=O)O[C@@H]2COP(=O)(O)O)OC(n2cnc3c(N)ncnc32)C1O. The van der Waals surface area contributed by atoms with Gasteiger partial charge in [-0.15, -0.1) is 6.58 Å². The number of nitrogens with zero attached hydrogens (tertiary/aromatic N) is 7. The van der Waals surface area contributed by atoms with E-state index in [-0.39, 0.29) is 35.6 Å². The Balaban J connectivity index is 1.53. The van der Waals surface area contributed by atoms with Crippen molar-refractivity contribution < 1.29 is 81.6 Å². The van der Waals surface area contributed by atoms with Gasteiger partial charge in [0.25, 0.3) is 0 Å². The second-order valence-corrected chi connectivity index (χ2v) is 17.3. The van der Waals surface area contributed by atoms with Crippen LogP contribution in [0.25, 0.3) is 11.2 Å². The Labute approximate surface area is 345 Å². The summed E-state index contributed by atoms with van der Waals surface area (Å²) in [4.78, 5) is 86.1. The van der Waals surface area contributed by atoms with Crippen molar-refractivity contribution in [2.45, 2.75) is 80.8 Å². The molecule has 0 saturated carbocycles. The zero-order valence-electron chi connectivity index (χ0n) is 32.8. The molecule has 0 aliphatic carbocycles. The highest BCUT2D eigenvalue weighted by atomic mass is 31.2. The highest BCUT2D eigenvalue weighted by Gasteiger charge is 2.63. The van der Waals surface area contributed by atoms with Gasteiger partial charge in [0.2, 0.25) is 5.91 Å². The van der Waals surface area contributed by atoms with Gasteiger partial charge in [0, 0.05) is 19.7 Å². The third kappa shape index (κ3) is 10.7. The number of hydrogen-bond acceptors (Lipinski definition) is 20. The molecular formula is C32H47N9O18P2. The Morgan fingerprint density at radius 2 is 1.67 bits per heavy atom. The van der Waals surface area contributed by atoms with E-state index in [1.54, 1.807) is 0 Å². The fourth-order valence-electron chi connectivity index (χ4n) is 6.95. The number of imidazole rings is 1. The maximum Gasteiger partial charge on any atom is 0.472 e. The number of nitrogens with two attached hydrogens (primary N) is 2. The average Bonchev–Trinajstić information content (AvgIpc) is 3.83. The van der Waals surface area contributed by atoms with Gasteiger partial charge in [0.15, 0.2) is 29.5 Å². The van der Waals surface area contributed by atoms with Crippen LogP contribution in [0.5, 0.6) is 0 Å². The normalized spacial score (nSPS) is 26.5. The smallest absolute Gasteiger partial charge is 0.472 e. The van der Waals surface area contributed by atoms with E-state index in [1.807, 2.05) is 0 Å². The Morgan fingerprint density at radius 1 is 1.02 bits per heavy atom. The van der Waals surface area contributed by atoms with Gasteiger partial charge in [-0.2, -0.15) is 4.98 Å². The van der Waals surface area contributed by atoms with E-state index in [2.05, 4.69) is 31.0 Å². The lowest BCUT2D eigenvalue weighted by atomic mass is 9.76. The first-order valence-electron chi connectivity index (χ1n) is 18.1. The summed E-state index contributed by atoms with van der Waals surface area (Å²) in [6.07, 6.45) is -8.39. The minimum Gasteiger partial charge on any atom is -0.479 e. The third-order valence-electron chi connectivity index (χ3n) is 9.77. The quantitative estimate of drug-likeness (QED) is 0.0438. The van der Waals surface area contributed by atoms with Gasteiger partial charge in [0.1, 0.15) is 42.1 Å². The molecule has 2 aliphatic heterocycles. The average molecular weight is 908 g/mol. The number of aliphatic hydroxyl groups excluding tert-OH is 2. The van der Waals surface area contributed by atoms with Crippen molar-refractivity contribution >= 4 is 50.3 Å². The van der Waals surface area contributed by atoms with Crippen molar-refractivity contribution in [3.05, 3.63) is 48.1 Å². The molecule has 0 spiro atoms. The highest BCUT2D eigenvalue weighted by Crippen LogP contribution is 2.51. The lowest BCUT2D eigenvalue weighted by molar-refractivity contribution is -0.176. The number of carboxylic acid groups (broad SMARTS) is 1. The molecule has 0 aromatic carbocycles. The third-order valence-corrected chi connectivity index (χ3v) is 11.2. The molecule has 2 saturated heterocycles. The van der Waals surface area contributed by atoms with Crippen LogP contribution in [0.3, 0.4) is 0 Å². The molecule has 1 amide bonds. The molecule has 5 heterocycles. The number of phosphoric acid groups is 2. The van der Waals surface area contributed by atoms with Crippen LogP contribution in [0.4, 0.5) is 11.6 Å². The molecule has 5 unspecified atom stereocenters. The summed E-state index contributed by atoms with van der Waals surface area (Å²) in [5.41, 5.74) is 6.40. The van der Waals surface area contributed by atoms with Crippen LogP contribution >= 0.6 is 15.6 Å². The molecule has 3 aromatic rings. The van der Waals surface area contributed by atoms with Gasteiger partial charge in [0.05, 0.1) is 50.4 Å². The number of nitrogen functional groups attached to an aromatic ring is 2. The number of ether oxygens (including phenoxy) is 3. The van der Waals surface area contributed by atoms with E-state index in [9.17, 15) is 58.6 Å². The number of aromatic nitrogens is 6. The number of carbonyl (C=O) groups is 2. The van der Waals surface area contributed by atoms with Gasteiger partial charge in [-0.25, -0.2) is 33.7 Å². The maximum atomic E-state index is 13.8. The van der Waals surface area contributed by atoms with Crippen LogP contribution in [-0.2, 0) is 46.5 Å². The molecule has 0 radical (unpaired) electrons. The second kappa shape index (κ2) is 18.6. The molecule has 338 valence electrons. The van der Waals surface area contributed by atoms with Gasteiger partial charge in [-0.3, -0.25) is 27.5 Å². The van der Waals surface area contributed by atoms with Crippen LogP contribution in [0.1, 0.15) is 39.1 Å². The topological polar surface area (TPSA) is 399 Å². The van der Waals surface area contributed by atoms with Crippen LogP contribution in [-0.4, -0.2) is 156 Å². The molecule has 0 bridgehead atoms. The van der Waals surface area contributed by atoms with E-state index in [4.69, 9.17) is 34.7 Å². The van der Waals surface area contributed by atoms with Crippen molar-refractivity contribution in [3.63, 3.8) is 0 Å². The summed E-state index contributed by atoms with van der Waals surface area (Å²) < 4.78 is 59.8. The number of likely N-dealkylation sites (N-methyl/N-ethyl adjacent to an activating group) is 1. The van der Waals surface area contributed by atoms with Crippen LogP contribution in [0, 0.1) is 5.92 Å². The molecular weight excluding hydrogens is 860 g/mol. The van der Waals surface area contributed by atoms with Crippen molar-refractivity contribution in [1.29, 1.82) is 0 Å². The first-order valence-corrected chi connectivity index (χ1v) is 21.1. The molecule has 3 aromatic heterocycles.